The zero-order valence-corrected chi connectivity index (χ0v) is 10.5. The number of nitrogens with two attached hydrogens (primary N) is 1. The summed E-state index contributed by atoms with van der Waals surface area (Å²) in [6, 6.07) is 4.40. The Hall–Kier alpha value is -1.29. The molecule has 2 heterocycles. The van der Waals surface area contributed by atoms with Gasteiger partial charge in [-0.05, 0) is 37.9 Å². The Labute approximate surface area is 103 Å². The van der Waals surface area contributed by atoms with Crippen LogP contribution in [0.4, 0.5) is 11.5 Å². The third kappa shape index (κ3) is 3.60. The first-order valence-corrected chi connectivity index (χ1v) is 6.48. The molecule has 3 N–H and O–H groups in total. The van der Waals surface area contributed by atoms with Crippen molar-refractivity contribution in [2.75, 3.05) is 30.7 Å². The van der Waals surface area contributed by atoms with Crippen LogP contribution in [0.25, 0.3) is 0 Å². The number of anilines is 2. The molecule has 4 nitrogen and oxygen atoms in total. The molecule has 1 aromatic heterocycles. The van der Waals surface area contributed by atoms with Crippen LogP contribution in [-0.4, -0.2) is 35.6 Å². The molecular formula is C13H22N4. The van der Waals surface area contributed by atoms with Gasteiger partial charge < -0.3 is 16.0 Å². The lowest BCUT2D eigenvalue weighted by Gasteiger charge is -2.32. The van der Waals surface area contributed by atoms with Crippen LogP contribution in [0.5, 0.6) is 0 Å². The van der Waals surface area contributed by atoms with E-state index in [1.165, 1.54) is 38.9 Å². The third-order valence-corrected chi connectivity index (χ3v) is 3.27. The highest BCUT2D eigenvalue weighted by Crippen LogP contribution is 2.15. The highest BCUT2D eigenvalue weighted by Gasteiger charge is 2.18. The van der Waals surface area contributed by atoms with Crippen molar-refractivity contribution in [3.8, 4) is 0 Å². The third-order valence-electron chi connectivity index (χ3n) is 3.27. The number of nitrogen functional groups attached to an aromatic ring is 1. The Morgan fingerprint density at radius 3 is 2.76 bits per heavy atom. The molecule has 1 aliphatic heterocycles. The van der Waals surface area contributed by atoms with E-state index in [-0.39, 0.29) is 0 Å². The molecule has 0 spiro atoms. The summed E-state index contributed by atoms with van der Waals surface area (Å²) in [5.41, 5.74) is 6.33. The van der Waals surface area contributed by atoms with Crippen LogP contribution in [-0.2, 0) is 0 Å². The fourth-order valence-electron chi connectivity index (χ4n) is 2.32. The molecular weight excluding hydrogens is 212 g/mol. The molecule has 0 atom stereocenters. The van der Waals surface area contributed by atoms with E-state index in [2.05, 4.69) is 22.1 Å². The van der Waals surface area contributed by atoms with Crippen LogP contribution in [0, 0.1) is 0 Å². The lowest BCUT2D eigenvalue weighted by atomic mass is 10.0. The van der Waals surface area contributed by atoms with Gasteiger partial charge in [-0.25, -0.2) is 4.98 Å². The van der Waals surface area contributed by atoms with Crippen LogP contribution in [0.1, 0.15) is 26.2 Å². The Kier molecular flexibility index (Phi) is 4.20. The van der Waals surface area contributed by atoms with Crippen LogP contribution in [0.3, 0.4) is 0 Å². The molecule has 0 amide bonds. The summed E-state index contributed by atoms with van der Waals surface area (Å²) in [6.07, 6.45) is 5.35. The number of hydrogen-bond acceptors (Lipinski definition) is 4. The molecule has 0 unspecified atom stereocenters. The summed E-state index contributed by atoms with van der Waals surface area (Å²) in [4.78, 5) is 6.81. The van der Waals surface area contributed by atoms with Gasteiger partial charge in [0, 0.05) is 19.1 Å². The van der Waals surface area contributed by atoms with Gasteiger partial charge in [0.15, 0.2) is 0 Å². The van der Waals surface area contributed by atoms with Gasteiger partial charge in [-0.2, -0.15) is 0 Å². The van der Waals surface area contributed by atoms with Crippen LogP contribution < -0.4 is 11.1 Å². The molecule has 1 saturated heterocycles. The van der Waals surface area contributed by atoms with Crippen LogP contribution >= 0.6 is 0 Å². The second kappa shape index (κ2) is 5.87. The Balaban J connectivity index is 1.79. The van der Waals surface area contributed by atoms with Crippen molar-refractivity contribution in [3.05, 3.63) is 18.3 Å². The number of piperidine rings is 1. The van der Waals surface area contributed by atoms with Gasteiger partial charge in [0.1, 0.15) is 5.82 Å². The van der Waals surface area contributed by atoms with Crippen molar-refractivity contribution >= 4 is 11.5 Å². The molecule has 0 aromatic carbocycles. The van der Waals surface area contributed by atoms with Gasteiger partial charge >= 0.3 is 0 Å². The van der Waals surface area contributed by atoms with Gasteiger partial charge in [0.25, 0.3) is 0 Å². The Bertz CT molecular complexity index is 328. The maximum atomic E-state index is 5.61. The van der Waals surface area contributed by atoms with Crippen molar-refractivity contribution in [1.29, 1.82) is 0 Å². The minimum atomic E-state index is 0.555. The number of pyridine rings is 1. The van der Waals surface area contributed by atoms with Crippen LogP contribution in [0.2, 0.25) is 0 Å². The van der Waals surface area contributed by atoms with Gasteiger partial charge in [-0.3, -0.25) is 0 Å². The topological polar surface area (TPSA) is 54.2 Å². The van der Waals surface area contributed by atoms with E-state index in [1.54, 1.807) is 6.20 Å². The van der Waals surface area contributed by atoms with E-state index in [1.807, 2.05) is 12.1 Å². The van der Waals surface area contributed by atoms with E-state index in [4.69, 9.17) is 5.73 Å². The second-order valence-electron chi connectivity index (χ2n) is 4.74. The molecule has 1 fully saturated rings. The van der Waals surface area contributed by atoms with Crippen molar-refractivity contribution in [2.24, 2.45) is 0 Å². The number of likely N-dealkylation sites (tertiary alicyclic amines) is 1. The number of hydrogen-bond donors (Lipinski definition) is 2. The average Bonchev–Trinajstić information content (AvgIpc) is 2.35. The summed E-state index contributed by atoms with van der Waals surface area (Å²) in [6.45, 7) is 5.86. The highest BCUT2D eigenvalue weighted by atomic mass is 15.1. The van der Waals surface area contributed by atoms with Crippen molar-refractivity contribution < 1.29 is 0 Å². The Morgan fingerprint density at radius 2 is 2.18 bits per heavy atom. The summed E-state index contributed by atoms with van der Waals surface area (Å²) < 4.78 is 0. The fourth-order valence-corrected chi connectivity index (χ4v) is 2.32. The number of rotatable bonds is 4. The largest absolute Gasteiger partial charge is 0.397 e. The molecule has 17 heavy (non-hydrogen) atoms. The van der Waals surface area contributed by atoms with Crippen molar-refractivity contribution in [1.82, 2.24) is 9.88 Å². The highest BCUT2D eigenvalue weighted by molar-refractivity contribution is 5.44. The summed E-state index contributed by atoms with van der Waals surface area (Å²) in [5, 5.41) is 3.48. The first-order valence-electron chi connectivity index (χ1n) is 6.48. The quantitative estimate of drug-likeness (QED) is 0.836. The predicted octanol–water partition coefficient (Wildman–Crippen LogP) is 1.95. The molecule has 1 aromatic rings. The summed E-state index contributed by atoms with van der Waals surface area (Å²) in [7, 11) is 0. The fraction of sp³-hybridized carbons (Fsp3) is 0.615. The first kappa shape index (κ1) is 12.2. The van der Waals surface area contributed by atoms with Gasteiger partial charge in [0.05, 0.1) is 11.9 Å². The maximum absolute atomic E-state index is 5.61. The second-order valence-corrected chi connectivity index (χ2v) is 4.74. The lowest BCUT2D eigenvalue weighted by molar-refractivity contribution is 0.219. The lowest BCUT2D eigenvalue weighted by Crippen LogP contribution is -2.39. The van der Waals surface area contributed by atoms with E-state index in [0.29, 0.717) is 11.7 Å². The molecule has 94 valence electrons. The monoisotopic (exact) mass is 234 g/mol. The standard InChI is InChI=1S/C13H22N4/c1-2-7-17-8-5-12(6-9-17)16-13-4-3-11(14)10-15-13/h3-4,10,12H,2,5-9,14H2,1H3,(H,15,16). The molecule has 0 bridgehead atoms. The Morgan fingerprint density at radius 1 is 1.41 bits per heavy atom. The number of aromatic nitrogens is 1. The van der Waals surface area contributed by atoms with Crippen molar-refractivity contribution in [3.63, 3.8) is 0 Å². The minimum absolute atomic E-state index is 0.555. The first-order chi connectivity index (χ1) is 8.28. The van der Waals surface area contributed by atoms with Crippen molar-refractivity contribution in [2.45, 2.75) is 32.2 Å². The summed E-state index contributed by atoms with van der Waals surface area (Å²) in [5.74, 6) is 0.938. The molecule has 0 aliphatic carbocycles. The van der Waals surface area contributed by atoms with E-state index in [9.17, 15) is 0 Å². The van der Waals surface area contributed by atoms with Crippen LogP contribution in [0.15, 0.2) is 18.3 Å². The SMILES string of the molecule is CCCN1CCC(Nc2ccc(N)cn2)CC1. The molecule has 4 heteroatoms. The zero-order chi connectivity index (χ0) is 12.1. The average molecular weight is 234 g/mol. The van der Waals surface area contributed by atoms with E-state index in [0.717, 1.165) is 5.82 Å². The van der Waals surface area contributed by atoms with Gasteiger partial charge in [-0.1, -0.05) is 6.92 Å². The molecule has 0 saturated carbocycles. The zero-order valence-electron chi connectivity index (χ0n) is 10.5. The number of nitrogens with zero attached hydrogens (tertiary/aromatic N) is 2. The molecule has 0 radical (unpaired) electrons. The normalized spacial score (nSPS) is 18.2. The molecule has 1 aliphatic rings. The maximum Gasteiger partial charge on any atom is 0.126 e. The van der Waals surface area contributed by atoms with E-state index < -0.39 is 0 Å². The number of nitrogens with one attached hydrogen (secondary N) is 1. The van der Waals surface area contributed by atoms with E-state index >= 15 is 0 Å². The predicted molar refractivity (Wildman–Crippen MR) is 72.0 cm³/mol. The molecule has 2 rings (SSSR count). The minimum Gasteiger partial charge on any atom is -0.397 e. The summed E-state index contributed by atoms with van der Waals surface area (Å²) >= 11 is 0. The van der Waals surface area contributed by atoms with Gasteiger partial charge in [0.2, 0.25) is 0 Å². The van der Waals surface area contributed by atoms with Gasteiger partial charge in [-0.15, -0.1) is 0 Å². The smallest absolute Gasteiger partial charge is 0.126 e.